The lowest BCUT2D eigenvalue weighted by Gasteiger charge is -1.99. The smallest absolute Gasteiger partial charge is 0.246 e. The van der Waals surface area contributed by atoms with Crippen LogP contribution in [0, 0.1) is 0 Å². The Morgan fingerprint density at radius 1 is 1.50 bits per heavy atom. The molecule has 10 heavy (non-hydrogen) atoms. The molecule has 1 unspecified atom stereocenters. The third-order valence-electron chi connectivity index (χ3n) is 1.32. The van der Waals surface area contributed by atoms with Crippen molar-refractivity contribution in [3.05, 3.63) is 0 Å². The number of rotatable bonds is 5. The molecular weight excluding hydrogens is 152 g/mol. The fraction of sp³-hybridized carbons (Fsp3) is 0.857. The van der Waals surface area contributed by atoms with Gasteiger partial charge in [-0.2, -0.15) is 0 Å². The fourth-order valence-corrected chi connectivity index (χ4v) is 0.846. The maximum absolute atomic E-state index is 10.1. The number of halogens is 1. The first-order valence-electron chi connectivity index (χ1n) is 3.53. The van der Waals surface area contributed by atoms with Crippen molar-refractivity contribution in [1.29, 1.82) is 0 Å². The van der Waals surface area contributed by atoms with Crippen LogP contribution in [-0.2, 0) is 9.90 Å². The summed E-state index contributed by atoms with van der Waals surface area (Å²) < 4.78 is 0. The van der Waals surface area contributed by atoms with E-state index in [1.54, 1.807) is 0 Å². The van der Waals surface area contributed by atoms with Gasteiger partial charge in [-0.1, -0.05) is 26.2 Å². The average molecular weight is 164 g/mol. The Morgan fingerprint density at radius 2 is 2.10 bits per heavy atom. The summed E-state index contributed by atoms with van der Waals surface area (Å²) in [6.45, 7) is 2.06. The van der Waals surface area contributed by atoms with Gasteiger partial charge in [0.1, 0.15) is 5.38 Å². The Labute approximate surface area is 66.2 Å². The minimum Gasteiger partial charge on any atom is -0.246 e. The molecule has 0 N–H and O–H groups in total. The van der Waals surface area contributed by atoms with Gasteiger partial charge in [-0.15, -0.1) is 11.6 Å². The van der Waals surface area contributed by atoms with Crippen molar-refractivity contribution < 1.29 is 9.90 Å². The van der Waals surface area contributed by atoms with Gasteiger partial charge in [0.05, 0.1) is 0 Å². The summed E-state index contributed by atoms with van der Waals surface area (Å²) in [5.74, 6) is -1.15. The van der Waals surface area contributed by atoms with Gasteiger partial charge in [0.15, 0.2) is 0 Å². The SMILES string of the molecule is CCCCCC(Cl)C([O])=O. The minimum absolute atomic E-state index is 0.526. The van der Waals surface area contributed by atoms with E-state index in [4.69, 9.17) is 11.6 Å². The van der Waals surface area contributed by atoms with Gasteiger partial charge in [0.2, 0.25) is 0 Å². The third kappa shape index (κ3) is 4.62. The summed E-state index contributed by atoms with van der Waals surface area (Å²) >= 11 is 5.39. The quantitative estimate of drug-likeness (QED) is 0.452. The molecule has 0 aliphatic heterocycles. The highest BCUT2D eigenvalue weighted by Gasteiger charge is 2.13. The van der Waals surface area contributed by atoms with Gasteiger partial charge < -0.3 is 0 Å². The van der Waals surface area contributed by atoms with Crippen LogP contribution in [0.4, 0.5) is 0 Å². The standard InChI is InChI=1S/C7H12ClO2/c1-2-3-4-5-6(8)7(9)10/h6H,2-5H2,1H3. The molecule has 0 aromatic heterocycles. The molecule has 0 amide bonds. The number of unbranched alkanes of at least 4 members (excludes halogenated alkanes) is 2. The van der Waals surface area contributed by atoms with Crippen LogP contribution in [0.1, 0.15) is 32.6 Å². The summed E-state index contributed by atoms with van der Waals surface area (Å²) in [6.07, 6.45) is 3.52. The summed E-state index contributed by atoms with van der Waals surface area (Å²) in [7, 11) is 0. The zero-order valence-corrected chi connectivity index (χ0v) is 6.86. The Balaban J connectivity index is 3.21. The zero-order valence-electron chi connectivity index (χ0n) is 6.10. The molecular formula is C7H12ClO2. The van der Waals surface area contributed by atoms with Gasteiger partial charge in [0.25, 0.3) is 0 Å². The highest BCUT2D eigenvalue weighted by Crippen LogP contribution is 2.08. The summed E-state index contributed by atoms with van der Waals surface area (Å²) in [4.78, 5) is 10.1. The number of alkyl halides is 1. The monoisotopic (exact) mass is 163 g/mol. The minimum atomic E-state index is -1.15. The van der Waals surface area contributed by atoms with Crippen molar-refractivity contribution in [1.82, 2.24) is 0 Å². The molecule has 0 saturated carbocycles. The molecule has 0 aromatic carbocycles. The van der Waals surface area contributed by atoms with Gasteiger partial charge in [-0.25, -0.2) is 9.90 Å². The number of carbonyl (C=O) groups is 1. The number of hydrogen-bond donors (Lipinski definition) is 0. The maximum atomic E-state index is 10.1. The first-order chi connectivity index (χ1) is 4.68. The molecule has 0 aliphatic rings. The Bertz CT molecular complexity index is 104. The van der Waals surface area contributed by atoms with E-state index in [2.05, 4.69) is 6.92 Å². The predicted molar refractivity (Wildman–Crippen MR) is 39.5 cm³/mol. The number of hydrogen-bond acceptors (Lipinski definition) is 1. The van der Waals surface area contributed by atoms with E-state index in [0.717, 1.165) is 19.3 Å². The molecule has 0 bridgehead atoms. The van der Waals surface area contributed by atoms with Crippen molar-refractivity contribution in [2.24, 2.45) is 0 Å². The van der Waals surface area contributed by atoms with E-state index in [1.165, 1.54) is 0 Å². The molecule has 59 valence electrons. The van der Waals surface area contributed by atoms with Crippen LogP contribution in [0.3, 0.4) is 0 Å². The Hall–Kier alpha value is -0.240. The molecule has 2 nitrogen and oxygen atoms in total. The second-order valence-electron chi connectivity index (χ2n) is 2.28. The van der Waals surface area contributed by atoms with E-state index in [1.807, 2.05) is 0 Å². The van der Waals surface area contributed by atoms with Crippen molar-refractivity contribution in [3.63, 3.8) is 0 Å². The molecule has 1 radical (unpaired) electrons. The molecule has 1 atom stereocenters. The van der Waals surface area contributed by atoms with Crippen molar-refractivity contribution in [2.45, 2.75) is 38.0 Å². The van der Waals surface area contributed by atoms with E-state index in [-0.39, 0.29) is 0 Å². The molecule has 0 spiro atoms. The number of carbonyl (C=O) groups excluding carboxylic acids is 1. The van der Waals surface area contributed by atoms with Gasteiger partial charge in [0, 0.05) is 0 Å². The normalized spacial score (nSPS) is 13.0. The van der Waals surface area contributed by atoms with E-state index in [0.29, 0.717) is 6.42 Å². The van der Waals surface area contributed by atoms with Gasteiger partial charge in [-0.05, 0) is 6.42 Å². The summed E-state index contributed by atoms with van der Waals surface area (Å²) in [5.41, 5.74) is 0. The molecule has 0 rings (SSSR count). The van der Waals surface area contributed by atoms with Crippen LogP contribution in [0.25, 0.3) is 0 Å². The topological polar surface area (TPSA) is 37.0 Å². The summed E-state index contributed by atoms with van der Waals surface area (Å²) in [5, 5.41) is 9.25. The molecule has 0 saturated heterocycles. The lowest BCUT2D eigenvalue weighted by atomic mass is 10.1. The molecule has 0 fully saturated rings. The highest BCUT2D eigenvalue weighted by atomic mass is 35.5. The summed E-state index contributed by atoms with van der Waals surface area (Å²) in [6, 6.07) is 0. The van der Waals surface area contributed by atoms with Crippen LogP contribution >= 0.6 is 11.6 Å². The van der Waals surface area contributed by atoms with E-state index >= 15 is 0 Å². The van der Waals surface area contributed by atoms with Gasteiger partial charge in [-0.3, -0.25) is 0 Å². The van der Waals surface area contributed by atoms with Crippen LogP contribution in [0.2, 0.25) is 0 Å². The van der Waals surface area contributed by atoms with Crippen LogP contribution in [0.5, 0.6) is 0 Å². The lowest BCUT2D eigenvalue weighted by molar-refractivity contribution is -0.142. The Kier molecular flexibility index (Phi) is 5.40. The van der Waals surface area contributed by atoms with Crippen molar-refractivity contribution >= 4 is 17.6 Å². The third-order valence-corrected chi connectivity index (χ3v) is 1.71. The molecule has 0 heterocycles. The molecule has 3 heteroatoms. The van der Waals surface area contributed by atoms with Crippen LogP contribution in [-0.4, -0.2) is 11.3 Å². The first kappa shape index (κ1) is 9.76. The predicted octanol–water partition coefficient (Wildman–Crippen LogP) is 2.13. The first-order valence-corrected chi connectivity index (χ1v) is 3.97. The molecule has 0 aliphatic carbocycles. The van der Waals surface area contributed by atoms with E-state index in [9.17, 15) is 9.90 Å². The Morgan fingerprint density at radius 3 is 2.50 bits per heavy atom. The van der Waals surface area contributed by atoms with Crippen molar-refractivity contribution in [2.75, 3.05) is 0 Å². The van der Waals surface area contributed by atoms with Crippen LogP contribution < -0.4 is 0 Å². The second kappa shape index (κ2) is 5.54. The second-order valence-corrected chi connectivity index (χ2v) is 2.81. The lowest BCUT2D eigenvalue weighted by Crippen LogP contribution is -2.10. The highest BCUT2D eigenvalue weighted by molar-refractivity contribution is 6.29. The van der Waals surface area contributed by atoms with Crippen molar-refractivity contribution in [3.8, 4) is 0 Å². The van der Waals surface area contributed by atoms with Gasteiger partial charge >= 0.3 is 5.97 Å². The van der Waals surface area contributed by atoms with Crippen LogP contribution in [0.15, 0.2) is 0 Å². The maximum Gasteiger partial charge on any atom is 0.373 e. The molecule has 0 aromatic rings. The van der Waals surface area contributed by atoms with E-state index < -0.39 is 11.3 Å². The zero-order chi connectivity index (χ0) is 7.98. The fourth-order valence-electron chi connectivity index (χ4n) is 0.691. The largest absolute Gasteiger partial charge is 0.373 e. The average Bonchev–Trinajstić information content (AvgIpc) is 1.88.